The second-order valence-corrected chi connectivity index (χ2v) is 6.88. The first-order valence-electron chi connectivity index (χ1n) is 7.69. The van der Waals surface area contributed by atoms with Crippen LogP contribution in [0.4, 0.5) is 0 Å². The zero-order valence-corrected chi connectivity index (χ0v) is 13.6. The highest BCUT2D eigenvalue weighted by Gasteiger charge is 2.54. The van der Waals surface area contributed by atoms with Crippen LogP contribution in [-0.2, 0) is 9.47 Å². The minimum atomic E-state index is -0.537. The molecule has 2 aliphatic rings. The molecule has 0 spiro atoms. The van der Waals surface area contributed by atoms with E-state index in [-0.39, 0.29) is 18.2 Å². The van der Waals surface area contributed by atoms with Crippen molar-refractivity contribution in [2.24, 2.45) is 5.92 Å². The van der Waals surface area contributed by atoms with Crippen molar-refractivity contribution in [3.63, 3.8) is 0 Å². The molecule has 2 aromatic heterocycles. The van der Waals surface area contributed by atoms with Crippen LogP contribution < -0.4 is 0 Å². The van der Waals surface area contributed by atoms with Crippen LogP contribution in [-0.4, -0.2) is 37.5 Å². The lowest BCUT2D eigenvalue weighted by Crippen LogP contribution is -2.27. The summed E-state index contributed by atoms with van der Waals surface area (Å²) < 4.78 is 14.4. The quantitative estimate of drug-likeness (QED) is 0.795. The number of rotatable bonds is 2. The van der Waals surface area contributed by atoms with Crippen LogP contribution in [0.2, 0.25) is 5.15 Å². The fourth-order valence-corrected chi connectivity index (χ4v) is 3.97. The van der Waals surface area contributed by atoms with Crippen LogP contribution >= 0.6 is 11.6 Å². The average molecular weight is 323 g/mol. The third kappa shape index (κ3) is 2.05. The van der Waals surface area contributed by atoms with Gasteiger partial charge in [-0.1, -0.05) is 24.9 Å². The van der Waals surface area contributed by atoms with Crippen molar-refractivity contribution >= 4 is 22.8 Å². The van der Waals surface area contributed by atoms with Crippen molar-refractivity contribution in [2.75, 3.05) is 0 Å². The minimum Gasteiger partial charge on any atom is -0.344 e. The topological polar surface area (TPSA) is 62.1 Å². The molecule has 3 heterocycles. The van der Waals surface area contributed by atoms with E-state index < -0.39 is 5.79 Å². The summed E-state index contributed by atoms with van der Waals surface area (Å²) in [5, 5.41) is 0.384. The van der Waals surface area contributed by atoms with Crippen molar-refractivity contribution in [1.82, 2.24) is 19.5 Å². The van der Waals surface area contributed by atoms with Crippen molar-refractivity contribution in [3.8, 4) is 0 Å². The van der Waals surface area contributed by atoms with Crippen molar-refractivity contribution < 1.29 is 9.47 Å². The van der Waals surface area contributed by atoms with Gasteiger partial charge in [0.25, 0.3) is 0 Å². The zero-order chi connectivity index (χ0) is 15.5. The molecule has 118 valence electrons. The van der Waals surface area contributed by atoms with Gasteiger partial charge in [-0.25, -0.2) is 15.0 Å². The summed E-state index contributed by atoms with van der Waals surface area (Å²) in [5.41, 5.74) is 1.40. The molecule has 0 aromatic carbocycles. The van der Waals surface area contributed by atoms with Gasteiger partial charge in [0.15, 0.2) is 16.6 Å². The number of nitrogens with zero attached hydrogens (tertiary/aromatic N) is 4. The Hall–Kier alpha value is -1.24. The molecular weight excluding hydrogens is 304 g/mol. The van der Waals surface area contributed by atoms with E-state index in [4.69, 9.17) is 21.1 Å². The first-order chi connectivity index (χ1) is 10.5. The second-order valence-electron chi connectivity index (χ2n) is 6.52. The largest absolute Gasteiger partial charge is 0.344 e. The predicted octanol–water partition coefficient (Wildman–Crippen LogP) is 2.97. The van der Waals surface area contributed by atoms with Gasteiger partial charge < -0.3 is 14.0 Å². The molecule has 2 aromatic rings. The molecular formula is C15H19ClN4O2. The van der Waals surface area contributed by atoms with Crippen LogP contribution in [0.1, 0.15) is 39.7 Å². The molecule has 22 heavy (non-hydrogen) atoms. The number of halogens is 1. The molecule has 4 rings (SSSR count). The molecule has 1 aliphatic carbocycles. The molecule has 2 fully saturated rings. The van der Waals surface area contributed by atoms with Gasteiger partial charge >= 0.3 is 0 Å². The van der Waals surface area contributed by atoms with Crippen molar-refractivity contribution in [3.05, 3.63) is 17.8 Å². The Morgan fingerprint density at radius 1 is 1.27 bits per heavy atom. The van der Waals surface area contributed by atoms with Gasteiger partial charge in [0.05, 0.1) is 18.5 Å². The Morgan fingerprint density at radius 3 is 2.82 bits per heavy atom. The van der Waals surface area contributed by atoms with Gasteiger partial charge in [0.2, 0.25) is 0 Å². The molecule has 1 aliphatic heterocycles. The number of hydrogen-bond acceptors (Lipinski definition) is 5. The lowest BCUT2D eigenvalue weighted by Gasteiger charge is -2.23. The van der Waals surface area contributed by atoms with Gasteiger partial charge in [-0.15, -0.1) is 0 Å². The lowest BCUT2D eigenvalue weighted by atomic mass is 10.0. The highest BCUT2D eigenvalue weighted by molar-refractivity contribution is 6.33. The molecule has 6 nitrogen and oxygen atoms in total. The Kier molecular flexibility index (Phi) is 3.18. The lowest BCUT2D eigenvalue weighted by molar-refractivity contribution is -0.160. The van der Waals surface area contributed by atoms with E-state index in [1.54, 1.807) is 6.33 Å². The van der Waals surface area contributed by atoms with Gasteiger partial charge in [-0.05, 0) is 26.2 Å². The first kappa shape index (κ1) is 14.4. The summed E-state index contributed by atoms with van der Waals surface area (Å²) in [6.45, 7) is 6.14. The molecule has 0 radical (unpaired) electrons. The Morgan fingerprint density at radius 2 is 2.05 bits per heavy atom. The number of fused-ring (bicyclic) bond motifs is 2. The van der Waals surface area contributed by atoms with Crippen molar-refractivity contribution in [2.45, 2.75) is 57.6 Å². The summed E-state index contributed by atoms with van der Waals surface area (Å²) in [6.07, 6.45) is 5.47. The Bertz CT molecular complexity index is 717. The summed E-state index contributed by atoms with van der Waals surface area (Å²) in [5.74, 6) is -0.0590. The average Bonchev–Trinajstić information content (AvgIpc) is 3.10. The molecule has 0 N–H and O–H groups in total. The fraction of sp³-hybridized carbons (Fsp3) is 0.667. The monoisotopic (exact) mass is 322 g/mol. The Balaban J connectivity index is 1.77. The highest BCUT2D eigenvalue weighted by Crippen LogP contribution is 2.48. The maximum atomic E-state index is 6.17. The number of hydrogen-bond donors (Lipinski definition) is 0. The maximum Gasteiger partial charge on any atom is 0.165 e. The third-order valence-corrected chi connectivity index (χ3v) is 5.02. The summed E-state index contributed by atoms with van der Waals surface area (Å²) in [7, 11) is 0. The molecule has 7 heteroatoms. The van der Waals surface area contributed by atoms with E-state index in [0.29, 0.717) is 16.6 Å². The molecule has 0 unspecified atom stereocenters. The molecule has 1 saturated heterocycles. The number of aromatic nitrogens is 4. The smallest absolute Gasteiger partial charge is 0.165 e. The van der Waals surface area contributed by atoms with Gasteiger partial charge in [0, 0.05) is 0 Å². The normalized spacial score (nSPS) is 33.5. The highest BCUT2D eigenvalue weighted by atomic mass is 35.5. The van der Waals surface area contributed by atoms with E-state index in [9.17, 15) is 0 Å². The van der Waals surface area contributed by atoms with Gasteiger partial charge in [-0.3, -0.25) is 0 Å². The van der Waals surface area contributed by atoms with Crippen LogP contribution in [0.25, 0.3) is 11.2 Å². The van der Waals surface area contributed by atoms with E-state index >= 15 is 0 Å². The molecule has 1 saturated carbocycles. The minimum absolute atomic E-state index is 0.0195. The standard InChI is InChI=1S/C15H19ClN4O2/c1-4-8-5-9(12-11(8)21-15(2,3)22-12)20-7-19-10-13(16)17-6-18-14(10)20/h6-9,11-12H,4-5H2,1-3H3/t8-,9+,11+,12-/m0/s1. The third-order valence-electron chi connectivity index (χ3n) is 4.75. The van der Waals surface area contributed by atoms with E-state index in [1.165, 1.54) is 6.33 Å². The number of imidazole rings is 1. The molecule has 0 bridgehead atoms. The molecule has 4 atom stereocenters. The summed E-state index contributed by atoms with van der Waals surface area (Å²) >= 11 is 6.11. The van der Waals surface area contributed by atoms with Crippen LogP contribution in [0, 0.1) is 5.92 Å². The summed E-state index contributed by atoms with van der Waals surface area (Å²) in [4.78, 5) is 12.7. The maximum absolute atomic E-state index is 6.17. The SMILES string of the molecule is CC[C@H]1C[C@@H](n2cnc3c(Cl)ncnc32)[C@@H]2OC(C)(C)O[C@H]12. The fourth-order valence-electron chi connectivity index (χ4n) is 3.79. The van der Waals surface area contributed by atoms with Gasteiger partial charge in [-0.2, -0.15) is 0 Å². The van der Waals surface area contributed by atoms with E-state index in [1.807, 2.05) is 13.8 Å². The summed E-state index contributed by atoms with van der Waals surface area (Å²) in [6, 6.07) is 0.160. The van der Waals surface area contributed by atoms with E-state index in [0.717, 1.165) is 18.5 Å². The molecule has 0 amide bonds. The Labute approximate surface area is 133 Å². The van der Waals surface area contributed by atoms with Crippen LogP contribution in [0.15, 0.2) is 12.7 Å². The van der Waals surface area contributed by atoms with Crippen molar-refractivity contribution in [1.29, 1.82) is 0 Å². The van der Waals surface area contributed by atoms with Crippen LogP contribution in [0.5, 0.6) is 0 Å². The second kappa shape index (κ2) is 4.88. The van der Waals surface area contributed by atoms with Crippen LogP contribution in [0.3, 0.4) is 0 Å². The zero-order valence-electron chi connectivity index (χ0n) is 12.9. The predicted molar refractivity (Wildman–Crippen MR) is 81.6 cm³/mol. The van der Waals surface area contributed by atoms with E-state index in [2.05, 4.69) is 26.4 Å². The first-order valence-corrected chi connectivity index (χ1v) is 8.06. The van der Waals surface area contributed by atoms with Gasteiger partial charge in [0.1, 0.15) is 17.9 Å². The number of ether oxygens (including phenoxy) is 2.